The Morgan fingerprint density at radius 3 is 2.69 bits per heavy atom. The molecule has 2 N–H and O–H groups in total. The highest BCUT2D eigenvalue weighted by molar-refractivity contribution is 5.79. The molecule has 0 aromatic heterocycles. The normalized spacial score (nSPS) is 11.7. The summed E-state index contributed by atoms with van der Waals surface area (Å²) in [7, 11) is 3.25. The van der Waals surface area contributed by atoms with Crippen LogP contribution in [0.2, 0.25) is 0 Å². The summed E-state index contributed by atoms with van der Waals surface area (Å²) in [5.41, 5.74) is -0.389. The van der Waals surface area contributed by atoms with Crippen LogP contribution in [0.5, 0.6) is 0 Å². The van der Waals surface area contributed by atoms with Crippen LogP contribution in [0.3, 0.4) is 0 Å². The summed E-state index contributed by atoms with van der Waals surface area (Å²) in [5, 5.41) is 6.08. The van der Waals surface area contributed by atoms with Crippen molar-refractivity contribution in [1.82, 2.24) is 10.6 Å². The summed E-state index contributed by atoms with van der Waals surface area (Å²) >= 11 is 0. The van der Waals surface area contributed by atoms with Crippen molar-refractivity contribution in [1.29, 1.82) is 0 Å². The second-order valence-electron chi connectivity index (χ2n) is 5.19. The first kappa shape index (κ1) is 21.8. The van der Waals surface area contributed by atoms with Gasteiger partial charge in [0.05, 0.1) is 25.3 Å². The van der Waals surface area contributed by atoms with E-state index < -0.39 is 11.7 Å². The van der Waals surface area contributed by atoms with Gasteiger partial charge in [-0.1, -0.05) is 17.9 Å². The highest BCUT2D eigenvalue weighted by Gasteiger charge is 2.30. The second-order valence-corrected chi connectivity index (χ2v) is 5.19. The van der Waals surface area contributed by atoms with Gasteiger partial charge < -0.3 is 20.1 Å². The minimum atomic E-state index is -4.37. The molecular formula is C18H24F3N3O2. The predicted molar refractivity (Wildman–Crippen MR) is 95.0 cm³/mol. The molecule has 0 aliphatic heterocycles. The Balaban J connectivity index is 2.32. The molecule has 0 saturated carbocycles. The van der Waals surface area contributed by atoms with Crippen LogP contribution in [0.4, 0.5) is 13.2 Å². The number of guanidine groups is 1. The molecule has 0 unspecified atom stereocenters. The largest absolute Gasteiger partial charge is 0.416 e. The Labute approximate surface area is 152 Å². The molecule has 0 spiro atoms. The average molecular weight is 371 g/mol. The third kappa shape index (κ3) is 9.30. The lowest BCUT2D eigenvalue weighted by Crippen LogP contribution is -2.38. The minimum Gasteiger partial charge on any atom is -0.382 e. The summed E-state index contributed by atoms with van der Waals surface area (Å²) in [6.07, 6.45) is -3.56. The summed E-state index contributed by atoms with van der Waals surface area (Å²) in [5.74, 6) is 6.06. The number of rotatable bonds is 8. The molecule has 5 nitrogen and oxygen atoms in total. The van der Waals surface area contributed by atoms with E-state index in [4.69, 9.17) is 9.47 Å². The number of nitrogens with zero attached hydrogens (tertiary/aromatic N) is 1. The van der Waals surface area contributed by atoms with Crippen LogP contribution in [0.25, 0.3) is 0 Å². The van der Waals surface area contributed by atoms with Crippen molar-refractivity contribution in [2.75, 3.05) is 47.1 Å². The molecule has 144 valence electrons. The van der Waals surface area contributed by atoms with E-state index in [1.54, 1.807) is 20.2 Å². The van der Waals surface area contributed by atoms with Crippen LogP contribution in [-0.2, 0) is 15.7 Å². The number of aliphatic imine (C=N–C) groups is 1. The monoisotopic (exact) mass is 371 g/mol. The number of methoxy groups -OCH3 is 1. The number of ether oxygens (including phenoxy) is 2. The van der Waals surface area contributed by atoms with Crippen molar-refractivity contribution in [2.24, 2.45) is 4.99 Å². The molecule has 0 radical (unpaired) electrons. The molecule has 1 rings (SSSR count). The quantitative estimate of drug-likeness (QED) is 0.319. The number of alkyl halides is 3. The molecule has 0 amide bonds. The maximum atomic E-state index is 12.6. The van der Waals surface area contributed by atoms with Crippen molar-refractivity contribution in [3.8, 4) is 11.8 Å². The first-order valence-corrected chi connectivity index (χ1v) is 8.14. The first-order valence-electron chi connectivity index (χ1n) is 8.14. The van der Waals surface area contributed by atoms with Crippen LogP contribution >= 0.6 is 0 Å². The van der Waals surface area contributed by atoms with Crippen molar-refractivity contribution in [3.05, 3.63) is 35.4 Å². The average Bonchev–Trinajstić information content (AvgIpc) is 2.62. The smallest absolute Gasteiger partial charge is 0.382 e. The molecule has 0 saturated heterocycles. The Hall–Kier alpha value is -2.24. The molecule has 0 bridgehead atoms. The molecule has 1 aromatic rings. The zero-order valence-corrected chi connectivity index (χ0v) is 14.9. The Morgan fingerprint density at radius 2 is 2.00 bits per heavy atom. The number of halogens is 3. The molecule has 26 heavy (non-hydrogen) atoms. The van der Waals surface area contributed by atoms with Crippen LogP contribution in [0, 0.1) is 11.8 Å². The molecule has 0 fully saturated rings. The third-order valence-corrected chi connectivity index (χ3v) is 3.18. The highest BCUT2D eigenvalue weighted by atomic mass is 19.4. The van der Waals surface area contributed by atoms with Gasteiger partial charge in [0.15, 0.2) is 5.96 Å². The summed E-state index contributed by atoms with van der Waals surface area (Å²) in [6.45, 7) is 2.69. The molecule has 0 aliphatic carbocycles. The lowest BCUT2D eigenvalue weighted by molar-refractivity contribution is -0.137. The van der Waals surface area contributed by atoms with E-state index in [0.29, 0.717) is 37.9 Å². The van der Waals surface area contributed by atoms with E-state index in [1.807, 2.05) is 0 Å². The van der Waals surface area contributed by atoms with Crippen molar-refractivity contribution in [3.63, 3.8) is 0 Å². The summed E-state index contributed by atoms with van der Waals surface area (Å²) in [6, 6.07) is 4.94. The summed E-state index contributed by atoms with van der Waals surface area (Å²) < 4.78 is 48.1. The van der Waals surface area contributed by atoms with Crippen LogP contribution in [0.1, 0.15) is 17.5 Å². The van der Waals surface area contributed by atoms with Gasteiger partial charge in [0.25, 0.3) is 0 Å². The fraction of sp³-hybridized carbons (Fsp3) is 0.500. The van der Waals surface area contributed by atoms with Gasteiger partial charge in [0.1, 0.15) is 0 Å². The lowest BCUT2D eigenvalue weighted by atomic mass is 10.1. The molecule has 1 aromatic carbocycles. The van der Waals surface area contributed by atoms with Gasteiger partial charge in [-0.05, 0) is 24.6 Å². The molecule has 0 heterocycles. The van der Waals surface area contributed by atoms with Crippen molar-refractivity contribution < 1.29 is 22.6 Å². The van der Waals surface area contributed by atoms with E-state index in [9.17, 15) is 13.2 Å². The Morgan fingerprint density at radius 1 is 1.19 bits per heavy atom. The van der Waals surface area contributed by atoms with Crippen LogP contribution in [-0.4, -0.2) is 53.0 Å². The predicted octanol–water partition coefficient (Wildman–Crippen LogP) is 2.28. The summed E-state index contributed by atoms with van der Waals surface area (Å²) in [4.78, 5) is 4.04. The molecule has 8 heteroatoms. The van der Waals surface area contributed by atoms with Crippen LogP contribution in [0.15, 0.2) is 29.3 Å². The van der Waals surface area contributed by atoms with E-state index >= 15 is 0 Å². The van der Waals surface area contributed by atoms with Crippen molar-refractivity contribution in [2.45, 2.75) is 12.6 Å². The van der Waals surface area contributed by atoms with Gasteiger partial charge in [-0.25, -0.2) is 0 Å². The standard InChI is InChI=1S/C18H24F3N3O2/c1-22-17(24-10-5-11-26-13-12-25-2)23-9-4-7-15-6-3-8-16(14-15)18(19,20)21/h3,6,8,14H,5,9-13H2,1-2H3,(H2,22,23,24). The maximum absolute atomic E-state index is 12.6. The Bertz CT molecular complexity index is 622. The minimum absolute atomic E-state index is 0.264. The maximum Gasteiger partial charge on any atom is 0.416 e. The highest BCUT2D eigenvalue weighted by Crippen LogP contribution is 2.29. The zero-order chi connectivity index (χ0) is 19.3. The zero-order valence-electron chi connectivity index (χ0n) is 14.9. The fourth-order valence-corrected chi connectivity index (χ4v) is 1.89. The van der Waals surface area contributed by atoms with Gasteiger partial charge >= 0.3 is 6.18 Å². The SMILES string of the molecule is CN=C(NCC#Cc1cccc(C(F)(F)F)c1)NCCCOCCOC. The number of benzene rings is 1. The molecular weight excluding hydrogens is 347 g/mol. The molecule has 0 aliphatic rings. The van der Waals surface area contributed by atoms with Gasteiger partial charge in [-0.3, -0.25) is 4.99 Å². The fourth-order valence-electron chi connectivity index (χ4n) is 1.89. The third-order valence-electron chi connectivity index (χ3n) is 3.18. The van der Waals surface area contributed by atoms with E-state index in [-0.39, 0.29) is 6.54 Å². The van der Waals surface area contributed by atoms with E-state index in [2.05, 4.69) is 27.5 Å². The first-order chi connectivity index (χ1) is 12.5. The molecule has 0 atom stereocenters. The van der Waals surface area contributed by atoms with E-state index in [1.165, 1.54) is 6.07 Å². The van der Waals surface area contributed by atoms with Gasteiger partial charge in [-0.2, -0.15) is 13.2 Å². The number of hydrogen-bond acceptors (Lipinski definition) is 3. The van der Waals surface area contributed by atoms with Gasteiger partial charge in [-0.15, -0.1) is 0 Å². The number of nitrogens with one attached hydrogen (secondary N) is 2. The topological polar surface area (TPSA) is 54.9 Å². The number of hydrogen-bond donors (Lipinski definition) is 2. The van der Waals surface area contributed by atoms with E-state index in [0.717, 1.165) is 18.6 Å². The lowest BCUT2D eigenvalue weighted by Gasteiger charge is -2.10. The van der Waals surface area contributed by atoms with Crippen LogP contribution < -0.4 is 10.6 Å². The van der Waals surface area contributed by atoms with Crippen molar-refractivity contribution >= 4 is 5.96 Å². The van der Waals surface area contributed by atoms with Gasteiger partial charge in [0.2, 0.25) is 0 Å². The Kier molecular flexibility index (Phi) is 10.2. The van der Waals surface area contributed by atoms with Gasteiger partial charge in [0, 0.05) is 32.9 Å². The second kappa shape index (κ2) is 12.2.